The van der Waals surface area contributed by atoms with Crippen molar-refractivity contribution in [2.75, 3.05) is 52.9 Å². The van der Waals surface area contributed by atoms with E-state index >= 15 is 0 Å². The smallest absolute Gasteiger partial charge is 0.305 e. The lowest BCUT2D eigenvalue weighted by Gasteiger charge is -2.08. The lowest BCUT2D eigenvalue weighted by atomic mass is 10.2. The summed E-state index contributed by atoms with van der Waals surface area (Å²) in [4.78, 5) is 11.2. The quantitative estimate of drug-likeness (QED) is 0.229. The highest BCUT2D eigenvalue weighted by Gasteiger charge is 2.14. The predicted octanol–water partition coefficient (Wildman–Crippen LogP) is 2.09. The molecule has 0 heterocycles. The summed E-state index contributed by atoms with van der Waals surface area (Å²) in [5.74, 6) is -0.213. The largest absolute Gasteiger partial charge is 0.463 e. The van der Waals surface area contributed by atoms with E-state index in [0.717, 1.165) is 12.0 Å². The van der Waals surface area contributed by atoms with E-state index in [1.54, 1.807) is 12.1 Å². The van der Waals surface area contributed by atoms with Crippen LogP contribution < -0.4 is 0 Å². The second kappa shape index (κ2) is 14.5. The van der Waals surface area contributed by atoms with Crippen LogP contribution in [0.2, 0.25) is 0 Å². The number of carbonyl (C=O) groups is 1. The molecule has 1 aromatic carbocycles. The number of hydrogen-bond acceptors (Lipinski definition) is 8. The number of esters is 1. The zero-order valence-electron chi connectivity index (χ0n) is 16.6. The molecule has 0 radical (unpaired) electrons. The molecule has 1 aromatic rings. The van der Waals surface area contributed by atoms with Gasteiger partial charge in [0.25, 0.3) is 10.1 Å². The molecule has 160 valence electrons. The van der Waals surface area contributed by atoms with Gasteiger partial charge in [0.2, 0.25) is 0 Å². The Morgan fingerprint density at radius 2 is 1.32 bits per heavy atom. The molecule has 0 aliphatic heterocycles. The van der Waals surface area contributed by atoms with E-state index in [1.165, 1.54) is 12.1 Å². The number of hydrogen-bond donors (Lipinski definition) is 0. The molecule has 0 aliphatic rings. The zero-order chi connectivity index (χ0) is 20.7. The molecule has 0 amide bonds. The van der Waals surface area contributed by atoms with Crippen LogP contribution in [-0.4, -0.2) is 67.2 Å². The first-order chi connectivity index (χ1) is 13.5. The Morgan fingerprint density at radius 1 is 0.821 bits per heavy atom. The second-order valence-corrected chi connectivity index (χ2v) is 7.51. The summed E-state index contributed by atoms with van der Waals surface area (Å²) in [6, 6.07) is 6.45. The number of rotatable bonds is 16. The Morgan fingerprint density at radius 3 is 1.86 bits per heavy atom. The van der Waals surface area contributed by atoms with Crippen molar-refractivity contribution in [3.63, 3.8) is 0 Å². The fourth-order valence-corrected chi connectivity index (χ4v) is 2.90. The van der Waals surface area contributed by atoms with Gasteiger partial charge in [0, 0.05) is 6.42 Å². The third kappa shape index (κ3) is 11.4. The molecular formula is C19H30O8S. The van der Waals surface area contributed by atoms with Gasteiger partial charge >= 0.3 is 5.97 Å². The van der Waals surface area contributed by atoms with Crippen LogP contribution in [0.1, 0.15) is 25.3 Å². The molecule has 0 unspecified atom stereocenters. The maximum absolute atomic E-state index is 12.0. The molecule has 28 heavy (non-hydrogen) atoms. The first-order valence-corrected chi connectivity index (χ1v) is 10.7. The Bertz CT molecular complexity index is 642. The Kier molecular flexibility index (Phi) is 12.7. The van der Waals surface area contributed by atoms with Gasteiger partial charge in [0.15, 0.2) is 0 Å². The van der Waals surface area contributed by atoms with Crippen LogP contribution in [0.4, 0.5) is 0 Å². The van der Waals surface area contributed by atoms with Crippen molar-refractivity contribution in [1.82, 2.24) is 0 Å². The van der Waals surface area contributed by atoms with E-state index in [2.05, 4.69) is 0 Å². The monoisotopic (exact) mass is 418 g/mol. The van der Waals surface area contributed by atoms with Crippen LogP contribution in [0.25, 0.3) is 0 Å². The molecule has 0 saturated carbocycles. The van der Waals surface area contributed by atoms with E-state index in [0.29, 0.717) is 39.5 Å². The lowest BCUT2D eigenvalue weighted by molar-refractivity contribution is -0.145. The SMILES string of the molecule is CCCC(=O)OCCOCCOCCOCCOS(=O)(=O)c1ccc(C)cc1. The van der Waals surface area contributed by atoms with E-state index in [9.17, 15) is 13.2 Å². The molecular weight excluding hydrogens is 388 g/mol. The molecule has 0 fully saturated rings. The molecule has 0 spiro atoms. The van der Waals surface area contributed by atoms with Crippen molar-refractivity contribution < 1.29 is 36.3 Å². The van der Waals surface area contributed by atoms with Gasteiger partial charge < -0.3 is 18.9 Å². The van der Waals surface area contributed by atoms with Gasteiger partial charge in [0.1, 0.15) is 6.61 Å². The van der Waals surface area contributed by atoms with E-state index in [1.807, 2.05) is 13.8 Å². The lowest BCUT2D eigenvalue weighted by Crippen LogP contribution is -2.15. The average Bonchev–Trinajstić information content (AvgIpc) is 2.66. The highest BCUT2D eigenvalue weighted by Crippen LogP contribution is 2.12. The van der Waals surface area contributed by atoms with Crippen LogP contribution in [0.15, 0.2) is 29.2 Å². The van der Waals surface area contributed by atoms with Gasteiger partial charge in [-0.3, -0.25) is 8.98 Å². The van der Waals surface area contributed by atoms with E-state index in [4.69, 9.17) is 23.1 Å². The van der Waals surface area contributed by atoms with Crippen LogP contribution in [0.3, 0.4) is 0 Å². The Balaban J connectivity index is 1.93. The molecule has 0 aromatic heterocycles. The van der Waals surface area contributed by atoms with Gasteiger partial charge in [-0.05, 0) is 25.5 Å². The molecule has 0 atom stereocenters. The number of aryl methyl sites for hydroxylation is 1. The normalized spacial score (nSPS) is 11.5. The molecule has 8 nitrogen and oxygen atoms in total. The summed E-state index contributed by atoms with van der Waals surface area (Å²) in [7, 11) is -3.76. The van der Waals surface area contributed by atoms with Crippen LogP contribution in [-0.2, 0) is 38.0 Å². The Hall–Kier alpha value is -1.52. The third-order valence-corrected chi connectivity index (χ3v) is 4.79. The number of benzene rings is 1. The fourth-order valence-electron chi connectivity index (χ4n) is 2.01. The van der Waals surface area contributed by atoms with Crippen molar-refractivity contribution >= 4 is 16.1 Å². The summed E-state index contributed by atoms with van der Waals surface area (Å²) >= 11 is 0. The first-order valence-electron chi connectivity index (χ1n) is 9.30. The number of carbonyl (C=O) groups excluding carboxylic acids is 1. The van der Waals surface area contributed by atoms with Crippen molar-refractivity contribution in [2.45, 2.75) is 31.6 Å². The van der Waals surface area contributed by atoms with Crippen LogP contribution in [0, 0.1) is 6.92 Å². The summed E-state index contributed by atoms with van der Waals surface area (Å²) in [6.45, 7) is 5.93. The minimum atomic E-state index is -3.76. The topological polar surface area (TPSA) is 97.4 Å². The minimum Gasteiger partial charge on any atom is -0.463 e. The van der Waals surface area contributed by atoms with Gasteiger partial charge in [-0.25, -0.2) is 0 Å². The second-order valence-electron chi connectivity index (χ2n) is 5.90. The van der Waals surface area contributed by atoms with Gasteiger partial charge in [-0.1, -0.05) is 24.6 Å². The van der Waals surface area contributed by atoms with E-state index in [-0.39, 0.29) is 30.7 Å². The highest BCUT2D eigenvalue weighted by molar-refractivity contribution is 7.86. The van der Waals surface area contributed by atoms with Gasteiger partial charge in [-0.15, -0.1) is 0 Å². The summed E-state index contributed by atoms with van der Waals surface area (Å²) in [5.41, 5.74) is 0.975. The predicted molar refractivity (Wildman–Crippen MR) is 103 cm³/mol. The number of ether oxygens (including phenoxy) is 4. The molecule has 0 bridgehead atoms. The zero-order valence-corrected chi connectivity index (χ0v) is 17.4. The van der Waals surface area contributed by atoms with Crippen molar-refractivity contribution in [2.24, 2.45) is 0 Å². The van der Waals surface area contributed by atoms with Crippen LogP contribution in [0.5, 0.6) is 0 Å². The molecule has 0 aliphatic carbocycles. The molecule has 9 heteroatoms. The molecule has 1 rings (SSSR count). The van der Waals surface area contributed by atoms with Crippen molar-refractivity contribution in [3.8, 4) is 0 Å². The molecule has 0 saturated heterocycles. The standard InChI is InChI=1S/C19H30O8S/c1-3-4-19(20)26-15-13-24-11-9-23-10-12-25-14-16-27-28(21,22)18-7-5-17(2)6-8-18/h5-8H,3-4,9-16H2,1-2H3. The Labute approximate surface area is 167 Å². The van der Waals surface area contributed by atoms with Crippen molar-refractivity contribution in [3.05, 3.63) is 29.8 Å². The molecule has 0 N–H and O–H groups in total. The van der Waals surface area contributed by atoms with Crippen molar-refractivity contribution in [1.29, 1.82) is 0 Å². The summed E-state index contributed by atoms with van der Waals surface area (Å²) in [5, 5.41) is 0. The minimum absolute atomic E-state index is 0.0595. The summed E-state index contributed by atoms with van der Waals surface area (Å²) < 4.78 is 49.6. The maximum atomic E-state index is 12.0. The van der Waals surface area contributed by atoms with Gasteiger partial charge in [-0.2, -0.15) is 8.42 Å². The van der Waals surface area contributed by atoms with Crippen LogP contribution >= 0.6 is 0 Å². The highest BCUT2D eigenvalue weighted by atomic mass is 32.2. The van der Waals surface area contributed by atoms with E-state index < -0.39 is 10.1 Å². The average molecular weight is 419 g/mol. The third-order valence-electron chi connectivity index (χ3n) is 3.46. The fraction of sp³-hybridized carbons (Fsp3) is 0.632. The first kappa shape index (κ1) is 24.5. The maximum Gasteiger partial charge on any atom is 0.305 e. The summed E-state index contributed by atoms with van der Waals surface area (Å²) in [6.07, 6.45) is 1.19. The van der Waals surface area contributed by atoms with Gasteiger partial charge in [0.05, 0.1) is 51.1 Å².